The Hall–Kier alpha value is -2.33. The van der Waals surface area contributed by atoms with Crippen molar-refractivity contribution in [2.75, 3.05) is 13.1 Å². The van der Waals surface area contributed by atoms with Crippen LogP contribution in [0.5, 0.6) is 11.5 Å². The number of nitrogens with one attached hydrogen (secondary N) is 2. The molecule has 1 fully saturated rings. The highest BCUT2D eigenvalue weighted by Crippen LogP contribution is 2.42. The Bertz CT molecular complexity index is 708. The third-order valence-corrected chi connectivity index (χ3v) is 5.22. The van der Waals surface area contributed by atoms with Gasteiger partial charge >= 0.3 is 0 Å². The van der Waals surface area contributed by atoms with Crippen molar-refractivity contribution >= 4 is 5.91 Å². The van der Waals surface area contributed by atoms with Crippen LogP contribution >= 0.6 is 0 Å². The van der Waals surface area contributed by atoms with Crippen molar-refractivity contribution in [2.45, 2.75) is 31.7 Å². The summed E-state index contributed by atoms with van der Waals surface area (Å²) < 4.78 is 5.99. The number of benzene rings is 2. The van der Waals surface area contributed by atoms with Gasteiger partial charge in [-0.15, -0.1) is 0 Å². The Morgan fingerprint density at radius 2 is 1.60 bits per heavy atom. The molecule has 0 unspecified atom stereocenters. The smallest absolute Gasteiger partial charge is 0.220 e. The van der Waals surface area contributed by atoms with Crippen LogP contribution in [0.1, 0.15) is 42.9 Å². The first-order valence-corrected chi connectivity index (χ1v) is 9.17. The van der Waals surface area contributed by atoms with E-state index in [0.717, 1.165) is 42.1 Å². The summed E-state index contributed by atoms with van der Waals surface area (Å²) in [5, 5.41) is 6.61. The molecule has 2 heterocycles. The number of hydrogen-bond donors (Lipinski definition) is 2. The van der Waals surface area contributed by atoms with Gasteiger partial charge in [-0.1, -0.05) is 36.4 Å². The second kappa shape index (κ2) is 7.28. The van der Waals surface area contributed by atoms with Gasteiger partial charge in [0.05, 0.1) is 6.04 Å². The molecular formula is C21H24N2O2. The summed E-state index contributed by atoms with van der Waals surface area (Å²) in [6, 6.07) is 15.7. The first-order valence-electron chi connectivity index (χ1n) is 9.17. The molecule has 0 aromatic heterocycles. The van der Waals surface area contributed by atoms with E-state index in [9.17, 15) is 4.79 Å². The lowest BCUT2D eigenvalue weighted by Gasteiger charge is -2.29. The van der Waals surface area contributed by atoms with Gasteiger partial charge in [0.25, 0.3) is 0 Å². The SMILES string of the molecule is O=C(CCC1CCNCC1)NC1c2ccccc2Oc2ccccc21. The standard InChI is InChI=1S/C21H24N2O2/c24-20(10-9-15-11-13-22-14-12-15)23-21-16-5-1-3-7-18(16)25-19-8-4-2-6-17(19)21/h1-8,15,21-22H,9-14H2,(H,23,24). The molecule has 4 heteroatoms. The lowest BCUT2D eigenvalue weighted by Crippen LogP contribution is -2.32. The fraction of sp³-hybridized carbons (Fsp3) is 0.381. The van der Waals surface area contributed by atoms with Crippen molar-refractivity contribution < 1.29 is 9.53 Å². The Morgan fingerprint density at radius 1 is 1.00 bits per heavy atom. The average molecular weight is 336 g/mol. The Balaban J connectivity index is 1.48. The fourth-order valence-corrected chi connectivity index (χ4v) is 3.80. The lowest BCUT2D eigenvalue weighted by atomic mass is 9.92. The zero-order valence-electron chi connectivity index (χ0n) is 14.3. The summed E-state index contributed by atoms with van der Waals surface area (Å²) in [5.74, 6) is 2.44. The molecule has 0 aliphatic carbocycles. The van der Waals surface area contributed by atoms with Crippen molar-refractivity contribution in [3.05, 3.63) is 59.7 Å². The highest BCUT2D eigenvalue weighted by Gasteiger charge is 2.28. The molecule has 0 atom stereocenters. The monoisotopic (exact) mass is 336 g/mol. The summed E-state index contributed by atoms with van der Waals surface area (Å²) in [6.45, 7) is 2.15. The molecule has 2 aromatic rings. The van der Waals surface area contributed by atoms with Crippen molar-refractivity contribution in [2.24, 2.45) is 5.92 Å². The van der Waals surface area contributed by atoms with E-state index in [1.165, 1.54) is 12.8 Å². The van der Waals surface area contributed by atoms with Gasteiger partial charge in [-0.05, 0) is 50.4 Å². The van der Waals surface area contributed by atoms with Crippen LogP contribution in [0.2, 0.25) is 0 Å². The Labute approximate surface area is 148 Å². The zero-order valence-corrected chi connectivity index (χ0v) is 14.3. The van der Waals surface area contributed by atoms with Gasteiger partial charge < -0.3 is 15.4 Å². The van der Waals surface area contributed by atoms with Crippen LogP contribution in [-0.2, 0) is 4.79 Å². The van der Waals surface area contributed by atoms with Crippen molar-refractivity contribution in [1.82, 2.24) is 10.6 Å². The van der Waals surface area contributed by atoms with E-state index in [1.54, 1.807) is 0 Å². The van der Waals surface area contributed by atoms with Crippen molar-refractivity contribution in [3.63, 3.8) is 0 Å². The molecule has 4 nitrogen and oxygen atoms in total. The summed E-state index contributed by atoms with van der Waals surface area (Å²) in [6.07, 6.45) is 3.92. The van der Waals surface area contributed by atoms with E-state index in [-0.39, 0.29) is 11.9 Å². The normalized spacial score (nSPS) is 17.3. The molecule has 2 N–H and O–H groups in total. The van der Waals surface area contributed by atoms with E-state index in [4.69, 9.17) is 4.74 Å². The lowest BCUT2D eigenvalue weighted by molar-refractivity contribution is -0.122. The molecule has 2 aliphatic rings. The van der Waals surface area contributed by atoms with Crippen LogP contribution in [0.25, 0.3) is 0 Å². The van der Waals surface area contributed by atoms with E-state index in [2.05, 4.69) is 10.6 Å². The molecule has 0 radical (unpaired) electrons. The van der Waals surface area contributed by atoms with Gasteiger partial charge in [0.1, 0.15) is 11.5 Å². The molecule has 25 heavy (non-hydrogen) atoms. The number of amides is 1. The maximum Gasteiger partial charge on any atom is 0.220 e. The number of rotatable bonds is 4. The van der Waals surface area contributed by atoms with Crippen LogP contribution in [0.4, 0.5) is 0 Å². The molecule has 2 aliphatic heterocycles. The van der Waals surface area contributed by atoms with Gasteiger partial charge in [-0.2, -0.15) is 0 Å². The number of piperidine rings is 1. The Morgan fingerprint density at radius 3 is 2.24 bits per heavy atom. The molecule has 4 rings (SSSR count). The van der Waals surface area contributed by atoms with Gasteiger partial charge in [0.2, 0.25) is 5.91 Å². The second-order valence-electron chi connectivity index (χ2n) is 6.91. The molecule has 0 bridgehead atoms. The minimum absolute atomic E-state index is 0.120. The largest absolute Gasteiger partial charge is 0.457 e. The number of carbonyl (C=O) groups is 1. The van der Waals surface area contributed by atoms with Crippen LogP contribution in [0.3, 0.4) is 0 Å². The Kier molecular flexibility index (Phi) is 4.70. The fourth-order valence-electron chi connectivity index (χ4n) is 3.80. The molecule has 1 saturated heterocycles. The molecule has 2 aromatic carbocycles. The summed E-state index contributed by atoms with van der Waals surface area (Å²) in [7, 11) is 0. The average Bonchev–Trinajstić information content (AvgIpc) is 2.67. The maximum atomic E-state index is 12.6. The first kappa shape index (κ1) is 16.2. The van der Waals surface area contributed by atoms with E-state index < -0.39 is 0 Å². The molecular weight excluding hydrogens is 312 g/mol. The predicted octanol–water partition coefficient (Wildman–Crippen LogP) is 3.78. The number of fused-ring (bicyclic) bond motifs is 2. The van der Waals surface area contributed by atoms with Crippen LogP contribution in [0, 0.1) is 5.92 Å². The van der Waals surface area contributed by atoms with E-state index in [1.807, 2.05) is 48.5 Å². The van der Waals surface area contributed by atoms with Gasteiger partial charge in [-0.25, -0.2) is 0 Å². The highest BCUT2D eigenvalue weighted by molar-refractivity contribution is 5.77. The third kappa shape index (κ3) is 3.54. The number of carbonyl (C=O) groups excluding carboxylic acids is 1. The number of hydrogen-bond acceptors (Lipinski definition) is 3. The molecule has 1 amide bonds. The maximum absolute atomic E-state index is 12.6. The van der Waals surface area contributed by atoms with Crippen LogP contribution < -0.4 is 15.4 Å². The topological polar surface area (TPSA) is 50.4 Å². The summed E-state index contributed by atoms with van der Waals surface area (Å²) >= 11 is 0. The highest BCUT2D eigenvalue weighted by atomic mass is 16.5. The van der Waals surface area contributed by atoms with Gasteiger partial charge in [-0.3, -0.25) is 4.79 Å². The van der Waals surface area contributed by atoms with Gasteiger partial charge in [0, 0.05) is 17.5 Å². The number of para-hydroxylation sites is 2. The zero-order chi connectivity index (χ0) is 17.1. The van der Waals surface area contributed by atoms with Crippen molar-refractivity contribution in [1.29, 1.82) is 0 Å². The predicted molar refractivity (Wildman–Crippen MR) is 97.8 cm³/mol. The second-order valence-corrected chi connectivity index (χ2v) is 6.91. The third-order valence-electron chi connectivity index (χ3n) is 5.22. The molecule has 130 valence electrons. The van der Waals surface area contributed by atoms with Gasteiger partial charge in [0.15, 0.2) is 0 Å². The van der Waals surface area contributed by atoms with Crippen LogP contribution in [0.15, 0.2) is 48.5 Å². The minimum Gasteiger partial charge on any atom is -0.457 e. The van der Waals surface area contributed by atoms with Crippen LogP contribution in [-0.4, -0.2) is 19.0 Å². The quantitative estimate of drug-likeness (QED) is 0.893. The number of ether oxygens (including phenoxy) is 1. The summed E-state index contributed by atoms with van der Waals surface area (Å²) in [4.78, 5) is 12.6. The van der Waals surface area contributed by atoms with Crippen molar-refractivity contribution in [3.8, 4) is 11.5 Å². The van der Waals surface area contributed by atoms with E-state index in [0.29, 0.717) is 12.3 Å². The molecule has 0 saturated carbocycles. The van der Waals surface area contributed by atoms with E-state index >= 15 is 0 Å². The molecule has 0 spiro atoms. The summed E-state index contributed by atoms with van der Waals surface area (Å²) in [5.41, 5.74) is 2.05. The first-order chi connectivity index (χ1) is 12.3. The minimum atomic E-state index is -0.137.